The van der Waals surface area contributed by atoms with Crippen LogP contribution in [0.15, 0.2) is 47.0 Å². The van der Waals surface area contributed by atoms with Gasteiger partial charge in [-0.15, -0.1) is 0 Å². The average molecular weight is 463 g/mol. The molecule has 2 heterocycles. The number of carbonyl (C=O) groups excluding carboxylic acids is 1. The molecule has 0 aliphatic rings. The Morgan fingerprint density at radius 1 is 1.09 bits per heavy atom. The second kappa shape index (κ2) is 9.51. The van der Waals surface area contributed by atoms with Crippen LogP contribution in [0, 0.1) is 40.4 Å². The molecule has 8 heteroatoms. The molecule has 0 unspecified atom stereocenters. The summed E-state index contributed by atoms with van der Waals surface area (Å²) in [5.41, 5.74) is 5.70. The van der Waals surface area contributed by atoms with E-state index in [0.29, 0.717) is 29.2 Å². The van der Waals surface area contributed by atoms with Crippen LogP contribution in [0.2, 0.25) is 0 Å². The van der Waals surface area contributed by atoms with Gasteiger partial charge in [0.25, 0.3) is 5.91 Å². The topological polar surface area (TPSA) is 82.2 Å². The first-order valence-corrected chi connectivity index (χ1v) is 11.0. The highest BCUT2D eigenvalue weighted by molar-refractivity contribution is 6.04. The summed E-state index contributed by atoms with van der Waals surface area (Å²) in [6.45, 7) is 9.95. The van der Waals surface area contributed by atoms with Crippen molar-refractivity contribution < 1.29 is 18.4 Å². The molecule has 4 rings (SSSR count). The number of amides is 1. The van der Waals surface area contributed by atoms with Crippen LogP contribution in [0.1, 0.15) is 49.9 Å². The summed E-state index contributed by atoms with van der Waals surface area (Å²) in [7, 11) is 0. The number of halogens is 1. The van der Waals surface area contributed by atoms with Gasteiger partial charge in [0.1, 0.15) is 23.9 Å². The predicted octanol–water partition coefficient (Wildman–Crippen LogP) is 5.43. The third-order valence-electron chi connectivity index (χ3n) is 5.62. The minimum Gasteiger partial charge on any atom is -0.489 e. The first-order chi connectivity index (χ1) is 16.2. The van der Waals surface area contributed by atoms with E-state index < -0.39 is 5.91 Å². The predicted molar refractivity (Wildman–Crippen MR) is 127 cm³/mol. The minimum absolute atomic E-state index is 0.151. The SMILES string of the molecule is Cc1cc(C)cc(OCc2c(C(=O)Nc3c(C)nn(Cc4cccc(F)c4)c3C)noc2C)c1. The zero-order valence-electron chi connectivity index (χ0n) is 19.9. The van der Waals surface area contributed by atoms with E-state index in [9.17, 15) is 9.18 Å². The molecule has 0 spiro atoms. The number of aryl methyl sites for hydroxylation is 4. The molecule has 7 nitrogen and oxygen atoms in total. The lowest BCUT2D eigenvalue weighted by Crippen LogP contribution is -2.16. The van der Waals surface area contributed by atoms with Gasteiger partial charge in [0.2, 0.25) is 0 Å². The maximum absolute atomic E-state index is 13.6. The summed E-state index contributed by atoms with van der Waals surface area (Å²) in [5, 5.41) is 11.4. The van der Waals surface area contributed by atoms with Gasteiger partial charge in [0.05, 0.1) is 29.2 Å². The highest BCUT2D eigenvalue weighted by Gasteiger charge is 2.23. The zero-order valence-corrected chi connectivity index (χ0v) is 19.9. The lowest BCUT2D eigenvalue weighted by Gasteiger charge is -2.09. The van der Waals surface area contributed by atoms with Gasteiger partial charge in [-0.3, -0.25) is 9.48 Å². The normalized spacial score (nSPS) is 11.0. The third-order valence-corrected chi connectivity index (χ3v) is 5.62. The maximum Gasteiger partial charge on any atom is 0.278 e. The molecule has 1 N–H and O–H groups in total. The summed E-state index contributed by atoms with van der Waals surface area (Å²) in [5.74, 6) is 0.524. The number of hydrogen-bond acceptors (Lipinski definition) is 5. The van der Waals surface area contributed by atoms with Crippen molar-refractivity contribution in [2.75, 3.05) is 5.32 Å². The third kappa shape index (κ3) is 5.01. The van der Waals surface area contributed by atoms with Crippen LogP contribution in [0.4, 0.5) is 10.1 Å². The van der Waals surface area contributed by atoms with E-state index in [1.807, 2.05) is 45.9 Å². The molecule has 4 aromatic rings. The van der Waals surface area contributed by atoms with E-state index in [4.69, 9.17) is 9.26 Å². The summed E-state index contributed by atoms with van der Waals surface area (Å²) in [4.78, 5) is 13.1. The fourth-order valence-electron chi connectivity index (χ4n) is 3.92. The first kappa shape index (κ1) is 23.2. The summed E-state index contributed by atoms with van der Waals surface area (Å²) >= 11 is 0. The molecule has 34 heavy (non-hydrogen) atoms. The number of carbonyl (C=O) groups is 1. The number of aromatic nitrogens is 3. The second-order valence-corrected chi connectivity index (χ2v) is 8.47. The number of nitrogens with zero attached hydrogens (tertiary/aromatic N) is 3. The molecular formula is C26H27FN4O3. The van der Waals surface area contributed by atoms with Gasteiger partial charge in [0, 0.05) is 0 Å². The van der Waals surface area contributed by atoms with Crippen molar-refractivity contribution >= 4 is 11.6 Å². The fraction of sp³-hybridized carbons (Fsp3) is 0.269. The summed E-state index contributed by atoms with van der Waals surface area (Å²) in [6, 6.07) is 12.3. The van der Waals surface area contributed by atoms with Crippen molar-refractivity contribution in [3.63, 3.8) is 0 Å². The highest BCUT2D eigenvalue weighted by atomic mass is 19.1. The number of hydrogen-bond donors (Lipinski definition) is 1. The number of nitrogens with one attached hydrogen (secondary N) is 1. The average Bonchev–Trinajstić information content (AvgIpc) is 3.26. The Morgan fingerprint density at radius 3 is 2.53 bits per heavy atom. The van der Waals surface area contributed by atoms with Gasteiger partial charge in [-0.25, -0.2) is 4.39 Å². The van der Waals surface area contributed by atoms with Crippen molar-refractivity contribution in [2.24, 2.45) is 0 Å². The van der Waals surface area contributed by atoms with Gasteiger partial charge in [-0.05, 0) is 75.6 Å². The molecule has 0 radical (unpaired) electrons. The van der Waals surface area contributed by atoms with E-state index in [1.165, 1.54) is 12.1 Å². The second-order valence-electron chi connectivity index (χ2n) is 8.47. The smallest absolute Gasteiger partial charge is 0.278 e. The van der Waals surface area contributed by atoms with Crippen molar-refractivity contribution in [3.05, 3.63) is 93.4 Å². The molecule has 0 aliphatic carbocycles. The van der Waals surface area contributed by atoms with Crippen LogP contribution in [0.5, 0.6) is 5.75 Å². The van der Waals surface area contributed by atoms with Crippen molar-refractivity contribution in [1.82, 2.24) is 14.9 Å². The van der Waals surface area contributed by atoms with E-state index in [2.05, 4.69) is 21.6 Å². The van der Waals surface area contributed by atoms with E-state index in [-0.39, 0.29) is 18.1 Å². The number of benzene rings is 2. The highest BCUT2D eigenvalue weighted by Crippen LogP contribution is 2.24. The number of anilines is 1. The van der Waals surface area contributed by atoms with Crippen LogP contribution >= 0.6 is 0 Å². The summed E-state index contributed by atoms with van der Waals surface area (Å²) < 4.78 is 26.5. The molecule has 0 fully saturated rings. The van der Waals surface area contributed by atoms with Crippen LogP contribution in [-0.4, -0.2) is 20.8 Å². The Kier molecular flexibility index (Phi) is 6.49. The summed E-state index contributed by atoms with van der Waals surface area (Å²) in [6.07, 6.45) is 0. The van der Waals surface area contributed by atoms with Crippen LogP contribution in [0.3, 0.4) is 0 Å². The number of ether oxygens (including phenoxy) is 1. The van der Waals surface area contributed by atoms with E-state index >= 15 is 0 Å². The lowest BCUT2D eigenvalue weighted by molar-refractivity contribution is 0.101. The quantitative estimate of drug-likeness (QED) is 0.396. The molecule has 0 saturated carbocycles. The molecule has 2 aromatic heterocycles. The van der Waals surface area contributed by atoms with Crippen LogP contribution in [0.25, 0.3) is 0 Å². The van der Waals surface area contributed by atoms with E-state index in [1.54, 1.807) is 17.7 Å². The maximum atomic E-state index is 13.6. The van der Waals surface area contributed by atoms with Crippen molar-refractivity contribution in [3.8, 4) is 5.75 Å². The zero-order chi connectivity index (χ0) is 24.4. The van der Waals surface area contributed by atoms with Crippen molar-refractivity contribution in [2.45, 2.75) is 47.8 Å². The monoisotopic (exact) mass is 462 g/mol. The van der Waals surface area contributed by atoms with Gasteiger partial charge in [-0.2, -0.15) is 5.10 Å². The number of rotatable bonds is 7. The van der Waals surface area contributed by atoms with Gasteiger partial charge < -0.3 is 14.6 Å². The molecule has 176 valence electrons. The van der Waals surface area contributed by atoms with Crippen molar-refractivity contribution in [1.29, 1.82) is 0 Å². The standard InChI is InChI=1S/C26H27FN4O3/c1-15-9-16(2)11-22(10-15)33-14-23-19(5)34-30-25(23)26(32)28-24-17(3)29-31(18(24)4)13-20-7-6-8-21(27)12-20/h6-12H,13-14H2,1-5H3,(H,28,32). The Hall–Kier alpha value is -3.94. The Morgan fingerprint density at radius 2 is 1.82 bits per heavy atom. The molecule has 2 aromatic carbocycles. The van der Waals surface area contributed by atoms with Gasteiger partial charge in [0.15, 0.2) is 5.69 Å². The van der Waals surface area contributed by atoms with Gasteiger partial charge >= 0.3 is 0 Å². The first-order valence-electron chi connectivity index (χ1n) is 11.0. The molecule has 0 saturated heterocycles. The molecule has 0 atom stereocenters. The minimum atomic E-state index is -0.410. The molecular weight excluding hydrogens is 435 g/mol. The van der Waals surface area contributed by atoms with Gasteiger partial charge in [-0.1, -0.05) is 23.4 Å². The molecule has 0 bridgehead atoms. The van der Waals surface area contributed by atoms with E-state index in [0.717, 1.165) is 28.1 Å². The fourth-order valence-corrected chi connectivity index (χ4v) is 3.92. The van der Waals surface area contributed by atoms with Crippen LogP contribution < -0.4 is 10.1 Å². The lowest BCUT2D eigenvalue weighted by atomic mass is 10.1. The Labute approximate surface area is 197 Å². The molecule has 0 aliphatic heterocycles. The largest absolute Gasteiger partial charge is 0.489 e. The van der Waals surface area contributed by atoms with Crippen LogP contribution in [-0.2, 0) is 13.2 Å². The Bertz CT molecular complexity index is 1340. The Balaban J connectivity index is 1.52. The molecule has 1 amide bonds.